The molecule has 0 saturated carbocycles. The maximum atomic E-state index is 11.2. The summed E-state index contributed by atoms with van der Waals surface area (Å²) >= 11 is 0. The predicted molar refractivity (Wildman–Crippen MR) is 211 cm³/mol. The lowest BCUT2D eigenvalue weighted by molar-refractivity contribution is 0.270. The van der Waals surface area contributed by atoms with E-state index in [1.54, 1.807) is 0 Å². The smallest absolute Gasteiger partial charge is 0.165 e. The van der Waals surface area contributed by atoms with Gasteiger partial charge in [-0.1, -0.05) is 81.3 Å². The summed E-state index contributed by atoms with van der Waals surface area (Å²) in [5.74, 6) is 5.20. The zero-order valence-electron chi connectivity index (χ0n) is 32.9. The Labute approximate surface area is 307 Å². The van der Waals surface area contributed by atoms with Crippen molar-refractivity contribution in [2.24, 2.45) is 11.8 Å². The lowest BCUT2D eigenvalue weighted by Crippen LogP contribution is -2.28. The normalized spacial score (nSPS) is 27.3. The minimum absolute atomic E-state index is 0.1000. The van der Waals surface area contributed by atoms with Crippen LogP contribution in [0, 0.1) is 25.7 Å². The molecule has 7 rings (SSSR count). The topological polar surface area (TPSA) is 69.9 Å². The van der Waals surface area contributed by atoms with E-state index in [1.165, 1.54) is 64.6 Å². The van der Waals surface area contributed by atoms with Gasteiger partial charge in [0.05, 0.1) is 0 Å². The molecule has 0 fully saturated rings. The van der Waals surface area contributed by atoms with Crippen LogP contribution < -0.4 is 4.74 Å². The quantitative estimate of drug-likeness (QED) is 0.184. The molecule has 0 heterocycles. The van der Waals surface area contributed by atoms with Crippen molar-refractivity contribution in [3.63, 3.8) is 0 Å². The molecule has 0 spiro atoms. The second-order valence-corrected chi connectivity index (χ2v) is 17.2. The van der Waals surface area contributed by atoms with Gasteiger partial charge in [-0.3, -0.25) is 0 Å². The van der Waals surface area contributed by atoms with Gasteiger partial charge >= 0.3 is 0 Å². The van der Waals surface area contributed by atoms with Gasteiger partial charge in [0.25, 0.3) is 0 Å². The van der Waals surface area contributed by atoms with Gasteiger partial charge in [-0.25, -0.2) is 0 Å². The first-order chi connectivity index (χ1) is 24.2. The van der Waals surface area contributed by atoms with Gasteiger partial charge in [-0.05, 0) is 155 Å². The molecule has 4 aliphatic rings. The van der Waals surface area contributed by atoms with E-state index in [4.69, 9.17) is 4.74 Å². The number of benzene rings is 3. The Balaban J connectivity index is 0.000000183. The van der Waals surface area contributed by atoms with E-state index in [9.17, 15) is 15.3 Å². The molecule has 274 valence electrons. The maximum Gasteiger partial charge on any atom is 0.165 e. The van der Waals surface area contributed by atoms with Crippen LogP contribution in [0.15, 0.2) is 53.6 Å². The summed E-state index contributed by atoms with van der Waals surface area (Å²) in [5, 5.41) is 32.2. The van der Waals surface area contributed by atoms with Crippen molar-refractivity contribution in [3.05, 3.63) is 104 Å². The van der Waals surface area contributed by atoms with Crippen LogP contribution in [-0.2, 0) is 6.61 Å². The number of phenols is 3. The number of hydrogen-bond acceptors (Lipinski definition) is 4. The molecule has 4 heteroatoms. The second kappa shape index (κ2) is 14.8. The van der Waals surface area contributed by atoms with Crippen LogP contribution in [0.5, 0.6) is 23.0 Å². The minimum Gasteiger partial charge on any atom is -0.504 e. The minimum atomic E-state index is 0.1000. The standard InChI is InChI=1S/C27H34O2.C20H28O2/c1-16(2)13-21-14-18(4)22-12-11-17(3)23-25(22)24(21)19(5)26(28)27(23)29-15-20-9-7-6-8-10-20;1-10(2)8-14-9-12(4)15-7-6-11(3)16-18(15)17(14)13(5)19(21)20(16)22/h6-10,13,17-18,21-22,28H,11-12,14-15H2,1-5H3;8,11-12,14-15,21-22H,6-7,9H2,1-5H3/t17-,18+,21?,22-;11-,12+,14?,15-/m00/s1. The third kappa shape index (κ3) is 6.85. The lowest BCUT2D eigenvalue weighted by Gasteiger charge is -2.43. The van der Waals surface area contributed by atoms with Crippen molar-refractivity contribution >= 4 is 0 Å². The lowest BCUT2D eigenvalue weighted by atomic mass is 9.62. The Morgan fingerprint density at radius 2 is 1.08 bits per heavy atom. The Morgan fingerprint density at radius 3 is 1.59 bits per heavy atom. The Hall–Kier alpha value is -3.66. The number of aromatic hydroxyl groups is 3. The Bertz CT molecular complexity index is 1820. The summed E-state index contributed by atoms with van der Waals surface area (Å²) in [7, 11) is 0. The molecule has 0 aromatic heterocycles. The monoisotopic (exact) mass is 690 g/mol. The second-order valence-electron chi connectivity index (χ2n) is 17.2. The first-order valence-corrected chi connectivity index (χ1v) is 19.6. The molecule has 0 radical (unpaired) electrons. The van der Waals surface area contributed by atoms with Gasteiger partial charge < -0.3 is 20.1 Å². The first kappa shape index (κ1) is 37.1. The molecular formula is C47H62O4. The van der Waals surface area contributed by atoms with E-state index in [0.29, 0.717) is 59.7 Å². The van der Waals surface area contributed by atoms with Crippen molar-refractivity contribution < 1.29 is 20.1 Å². The average Bonchev–Trinajstić information content (AvgIpc) is 3.07. The van der Waals surface area contributed by atoms with E-state index in [-0.39, 0.29) is 11.5 Å². The highest BCUT2D eigenvalue weighted by Gasteiger charge is 2.42. The predicted octanol–water partition coefficient (Wildman–Crippen LogP) is 12.8. The van der Waals surface area contributed by atoms with Gasteiger partial charge in [0.1, 0.15) is 6.61 Å². The summed E-state index contributed by atoms with van der Waals surface area (Å²) in [6.07, 6.45) is 11.8. The molecular weight excluding hydrogens is 629 g/mol. The number of phenolic OH excluding ortho intramolecular Hbond substituents is 3. The number of ether oxygens (including phenoxy) is 1. The van der Waals surface area contributed by atoms with Crippen LogP contribution in [-0.4, -0.2) is 15.3 Å². The van der Waals surface area contributed by atoms with Gasteiger partial charge in [-0.2, -0.15) is 0 Å². The van der Waals surface area contributed by atoms with Crippen LogP contribution in [0.3, 0.4) is 0 Å². The molecule has 51 heavy (non-hydrogen) atoms. The zero-order chi connectivity index (χ0) is 36.9. The van der Waals surface area contributed by atoms with Crippen molar-refractivity contribution in [2.75, 3.05) is 0 Å². The van der Waals surface area contributed by atoms with Crippen molar-refractivity contribution in [1.29, 1.82) is 0 Å². The molecule has 2 unspecified atom stereocenters. The SMILES string of the molecule is CC(C)=CC1C[C@@H](C)[C@@H]2CC[C@H](C)c3c(O)c(O)c(C)c1c32.CC(C)=CC1C[C@@H](C)[C@@H]2CC[C@H](C)c3c(OCc4ccccc4)c(O)c(C)c1c32. The molecule has 0 saturated heterocycles. The highest BCUT2D eigenvalue weighted by atomic mass is 16.5. The van der Waals surface area contributed by atoms with Crippen LogP contribution in [0.1, 0.15) is 179 Å². The van der Waals surface area contributed by atoms with Crippen LogP contribution >= 0.6 is 0 Å². The van der Waals surface area contributed by atoms with E-state index in [2.05, 4.69) is 86.6 Å². The van der Waals surface area contributed by atoms with E-state index in [0.717, 1.165) is 40.8 Å². The maximum absolute atomic E-state index is 11.2. The molecule has 0 amide bonds. The molecule has 4 nitrogen and oxygen atoms in total. The van der Waals surface area contributed by atoms with Crippen LogP contribution in [0.2, 0.25) is 0 Å². The fourth-order valence-electron chi connectivity index (χ4n) is 10.5. The van der Waals surface area contributed by atoms with E-state index in [1.807, 2.05) is 25.1 Å². The zero-order valence-corrected chi connectivity index (χ0v) is 32.9. The molecule has 0 aliphatic heterocycles. The highest BCUT2D eigenvalue weighted by molar-refractivity contribution is 5.65. The van der Waals surface area contributed by atoms with Crippen molar-refractivity contribution in [1.82, 2.24) is 0 Å². The summed E-state index contributed by atoms with van der Waals surface area (Å²) in [5.41, 5.74) is 13.5. The van der Waals surface area contributed by atoms with Gasteiger partial charge in [0.15, 0.2) is 23.0 Å². The third-order valence-electron chi connectivity index (χ3n) is 12.8. The Morgan fingerprint density at radius 1 is 0.608 bits per heavy atom. The number of hydrogen-bond donors (Lipinski definition) is 3. The molecule has 3 N–H and O–H groups in total. The van der Waals surface area contributed by atoms with Gasteiger partial charge in [0.2, 0.25) is 0 Å². The molecule has 3 aromatic carbocycles. The van der Waals surface area contributed by atoms with E-state index < -0.39 is 0 Å². The van der Waals surface area contributed by atoms with Crippen molar-refractivity contribution in [2.45, 2.75) is 150 Å². The van der Waals surface area contributed by atoms with Crippen LogP contribution in [0.4, 0.5) is 0 Å². The Kier molecular flexibility index (Phi) is 10.7. The van der Waals surface area contributed by atoms with Crippen molar-refractivity contribution in [3.8, 4) is 23.0 Å². The number of allylic oxidation sites excluding steroid dienone is 4. The summed E-state index contributed by atoms with van der Waals surface area (Å²) in [6.45, 7) is 22.4. The average molecular weight is 691 g/mol. The van der Waals surface area contributed by atoms with Crippen LogP contribution in [0.25, 0.3) is 0 Å². The largest absolute Gasteiger partial charge is 0.504 e. The fraction of sp³-hybridized carbons (Fsp3) is 0.532. The highest BCUT2D eigenvalue weighted by Crippen LogP contribution is 2.59. The van der Waals surface area contributed by atoms with Gasteiger partial charge in [-0.15, -0.1) is 0 Å². The summed E-state index contributed by atoms with van der Waals surface area (Å²) < 4.78 is 6.33. The fourth-order valence-corrected chi connectivity index (χ4v) is 10.5. The van der Waals surface area contributed by atoms with Gasteiger partial charge in [0, 0.05) is 23.0 Å². The molecule has 3 aromatic rings. The third-order valence-corrected chi connectivity index (χ3v) is 12.8. The summed E-state index contributed by atoms with van der Waals surface area (Å²) in [4.78, 5) is 0. The molecule has 4 aliphatic carbocycles. The molecule has 8 atom stereocenters. The van der Waals surface area contributed by atoms with E-state index >= 15 is 0 Å². The first-order valence-electron chi connectivity index (χ1n) is 19.6. The number of rotatable bonds is 5. The summed E-state index contributed by atoms with van der Waals surface area (Å²) in [6, 6.07) is 10.2. The molecule has 0 bridgehead atoms.